The summed E-state index contributed by atoms with van der Waals surface area (Å²) in [6.07, 6.45) is 2.40. The number of hydrogen-bond acceptors (Lipinski definition) is 4. The quantitative estimate of drug-likeness (QED) is 0.642. The summed E-state index contributed by atoms with van der Waals surface area (Å²) in [5.74, 6) is 0. The maximum atomic E-state index is 12.0. The molecule has 0 spiro atoms. The third-order valence-corrected chi connectivity index (χ3v) is 6.03. The minimum Gasteiger partial charge on any atom is -0.423 e. The van der Waals surface area contributed by atoms with Crippen LogP contribution in [-0.2, 0) is 6.54 Å². The Balaban J connectivity index is 1.74. The third-order valence-electron chi connectivity index (χ3n) is 5.05. The Hall–Kier alpha value is -1.91. The summed E-state index contributed by atoms with van der Waals surface area (Å²) in [5.41, 5.74) is 3.90. The predicted octanol–water partition coefficient (Wildman–Crippen LogP) is 4.81. The van der Waals surface area contributed by atoms with Crippen LogP contribution in [0.5, 0.6) is 0 Å². The molecule has 4 heteroatoms. The molecule has 1 atom stereocenters. The monoisotopic (exact) mass is 339 g/mol. The first-order valence-electron chi connectivity index (χ1n) is 8.43. The Bertz CT molecular complexity index is 927. The lowest BCUT2D eigenvalue weighted by molar-refractivity contribution is 0.252. The molecule has 3 nitrogen and oxygen atoms in total. The number of benzene rings is 1. The van der Waals surface area contributed by atoms with Gasteiger partial charge in [0.25, 0.3) is 0 Å². The molecule has 124 valence electrons. The Morgan fingerprint density at radius 2 is 2.08 bits per heavy atom. The largest absolute Gasteiger partial charge is 0.423 e. The molecular weight excluding hydrogens is 318 g/mol. The molecule has 0 saturated carbocycles. The molecule has 0 bridgehead atoms. The maximum absolute atomic E-state index is 12.0. The molecular formula is C20H21NO2S. The fourth-order valence-corrected chi connectivity index (χ4v) is 4.55. The van der Waals surface area contributed by atoms with E-state index in [4.69, 9.17) is 4.42 Å². The summed E-state index contributed by atoms with van der Waals surface area (Å²) in [6, 6.07) is 10.6. The van der Waals surface area contributed by atoms with Crippen molar-refractivity contribution in [3.8, 4) is 0 Å². The van der Waals surface area contributed by atoms with Gasteiger partial charge in [0.05, 0.1) is 0 Å². The second kappa shape index (κ2) is 6.19. The summed E-state index contributed by atoms with van der Waals surface area (Å²) in [7, 11) is 0. The number of rotatable bonds is 3. The molecule has 2 aromatic heterocycles. The lowest BCUT2D eigenvalue weighted by atomic mass is 10.0. The predicted molar refractivity (Wildman–Crippen MR) is 98.7 cm³/mol. The third kappa shape index (κ3) is 2.80. The van der Waals surface area contributed by atoms with Gasteiger partial charge in [0, 0.05) is 28.9 Å². The average Bonchev–Trinajstić information content (AvgIpc) is 3.20. The minimum atomic E-state index is -0.257. The zero-order valence-electron chi connectivity index (χ0n) is 14.0. The lowest BCUT2D eigenvalue weighted by Gasteiger charge is -2.24. The van der Waals surface area contributed by atoms with Gasteiger partial charge in [-0.05, 0) is 73.5 Å². The Kier molecular flexibility index (Phi) is 4.02. The van der Waals surface area contributed by atoms with Gasteiger partial charge in [-0.15, -0.1) is 11.3 Å². The molecule has 0 aliphatic carbocycles. The minimum absolute atomic E-state index is 0.257. The Morgan fingerprint density at radius 1 is 1.25 bits per heavy atom. The van der Waals surface area contributed by atoms with Crippen LogP contribution in [0.3, 0.4) is 0 Å². The van der Waals surface area contributed by atoms with Crippen molar-refractivity contribution in [2.24, 2.45) is 0 Å². The van der Waals surface area contributed by atoms with Crippen molar-refractivity contribution in [1.82, 2.24) is 4.90 Å². The first-order valence-corrected chi connectivity index (χ1v) is 9.31. The zero-order chi connectivity index (χ0) is 16.7. The highest BCUT2D eigenvalue weighted by Gasteiger charge is 2.27. The summed E-state index contributed by atoms with van der Waals surface area (Å²) in [6.45, 7) is 6.03. The molecule has 24 heavy (non-hydrogen) atoms. The van der Waals surface area contributed by atoms with Crippen molar-refractivity contribution in [1.29, 1.82) is 0 Å². The highest BCUT2D eigenvalue weighted by atomic mass is 32.1. The molecule has 0 amide bonds. The van der Waals surface area contributed by atoms with E-state index in [2.05, 4.69) is 42.3 Å². The Morgan fingerprint density at radius 3 is 2.88 bits per heavy atom. The Labute approximate surface area is 145 Å². The van der Waals surface area contributed by atoms with E-state index in [1.165, 1.54) is 23.3 Å². The number of thiophene rings is 1. The van der Waals surface area contributed by atoms with E-state index >= 15 is 0 Å². The summed E-state index contributed by atoms with van der Waals surface area (Å²) >= 11 is 1.82. The fourth-order valence-electron chi connectivity index (χ4n) is 3.65. The molecule has 3 heterocycles. The highest BCUT2D eigenvalue weighted by Crippen LogP contribution is 2.36. The van der Waals surface area contributed by atoms with Crippen molar-refractivity contribution in [2.75, 3.05) is 6.54 Å². The molecule has 1 aromatic carbocycles. The molecule has 1 saturated heterocycles. The standard InChI is InChI=1S/C20H21NO2S/c1-13-9-16-15(11-20(22)23-18(16)10-14(13)2)12-21-7-3-5-17(21)19-6-4-8-24-19/h4,6,8-11,17H,3,5,7,12H2,1-2H3/t17-/m1/s1. The fraction of sp³-hybridized carbons (Fsp3) is 0.350. The number of hydrogen-bond donors (Lipinski definition) is 0. The number of nitrogens with zero attached hydrogens (tertiary/aromatic N) is 1. The number of likely N-dealkylation sites (tertiary alicyclic amines) is 1. The summed E-state index contributed by atoms with van der Waals surface area (Å²) < 4.78 is 5.43. The highest BCUT2D eigenvalue weighted by molar-refractivity contribution is 7.10. The van der Waals surface area contributed by atoms with E-state index in [-0.39, 0.29) is 5.63 Å². The van der Waals surface area contributed by atoms with Gasteiger partial charge in [-0.3, -0.25) is 4.90 Å². The molecule has 4 rings (SSSR count). The van der Waals surface area contributed by atoms with Gasteiger partial charge < -0.3 is 4.42 Å². The second-order valence-corrected chi connectivity index (χ2v) is 7.65. The van der Waals surface area contributed by atoms with Crippen molar-refractivity contribution < 1.29 is 4.42 Å². The summed E-state index contributed by atoms with van der Waals surface area (Å²) in [5, 5.41) is 3.21. The van der Waals surface area contributed by atoms with Crippen LogP contribution in [0.15, 0.2) is 44.9 Å². The molecule has 0 unspecified atom stereocenters. The SMILES string of the molecule is Cc1cc2oc(=O)cc(CN3CCC[C@@H]3c3cccs3)c2cc1C. The normalized spacial score (nSPS) is 18.5. The lowest BCUT2D eigenvalue weighted by Crippen LogP contribution is -2.23. The van der Waals surface area contributed by atoms with Crippen molar-refractivity contribution in [3.05, 3.63) is 67.7 Å². The summed E-state index contributed by atoms with van der Waals surface area (Å²) in [4.78, 5) is 15.9. The zero-order valence-corrected chi connectivity index (χ0v) is 14.9. The molecule has 1 aliphatic rings. The van der Waals surface area contributed by atoms with Crippen molar-refractivity contribution >= 4 is 22.3 Å². The molecule has 1 fully saturated rings. The van der Waals surface area contributed by atoms with Gasteiger partial charge in [-0.2, -0.15) is 0 Å². The van der Waals surface area contributed by atoms with Gasteiger partial charge in [-0.25, -0.2) is 4.79 Å². The van der Waals surface area contributed by atoms with E-state index in [0.717, 1.165) is 29.6 Å². The van der Waals surface area contributed by atoms with Crippen molar-refractivity contribution in [3.63, 3.8) is 0 Å². The van der Waals surface area contributed by atoms with Gasteiger partial charge >= 0.3 is 5.63 Å². The smallest absolute Gasteiger partial charge is 0.336 e. The van der Waals surface area contributed by atoms with Crippen LogP contribution in [-0.4, -0.2) is 11.4 Å². The molecule has 0 N–H and O–H groups in total. The topological polar surface area (TPSA) is 33.5 Å². The van der Waals surface area contributed by atoms with Crippen LogP contribution in [0.4, 0.5) is 0 Å². The number of aryl methyl sites for hydroxylation is 2. The van der Waals surface area contributed by atoms with Gasteiger partial charge in [0.2, 0.25) is 0 Å². The van der Waals surface area contributed by atoms with Crippen molar-refractivity contribution in [2.45, 2.75) is 39.3 Å². The first-order chi connectivity index (χ1) is 11.6. The van der Waals surface area contributed by atoms with E-state index < -0.39 is 0 Å². The van der Waals surface area contributed by atoms with E-state index in [9.17, 15) is 4.79 Å². The molecule has 0 radical (unpaired) electrons. The first kappa shape index (κ1) is 15.6. The van der Waals surface area contributed by atoms with Crippen LogP contribution < -0.4 is 5.63 Å². The second-order valence-electron chi connectivity index (χ2n) is 6.67. The van der Waals surface area contributed by atoms with Crippen LogP contribution in [0.1, 0.15) is 40.5 Å². The van der Waals surface area contributed by atoms with E-state index in [1.807, 2.05) is 17.4 Å². The maximum Gasteiger partial charge on any atom is 0.336 e. The average molecular weight is 339 g/mol. The van der Waals surface area contributed by atoms with Gasteiger partial charge in [0.1, 0.15) is 5.58 Å². The number of fused-ring (bicyclic) bond motifs is 1. The van der Waals surface area contributed by atoms with Gasteiger partial charge in [-0.1, -0.05) is 6.07 Å². The van der Waals surface area contributed by atoms with Crippen LogP contribution in [0.25, 0.3) is 11.0 Å². The van der Waals surface area contributed by atoms with E-state index in [1.54, 1.807) is 6.07 Å². The van der Waals surface area contributed by atoms with Crippen LogP contribution in [0, 0.1) is 13.8 Å². The molecule has 1 aliphatic heterocycles. The van der Waals surface area contributed by atoms with Gasteiger partial charge in [0.15, 0.2) is 0 Å². The van der Waals surface area contributed by atoms with Crippen LogP contribution >= 0.6 is 11.3 Å². The van der Waals surface area contributed by atoms with Crippen LogP contribution in [0.2, 0.25) is 0 Å². The molecule has 3 aromatic rings. The van der Waals surface area contributed by atoms with E-state index in [0.29, 0.717) is 11.6 Å².